The van der Waals surface area contributed by atoms with Crippen LogP contribution in [0, 0.1) is 18.6 Å². The van der Waals surface area contributed by atoms with Crippen molar-refractivity contribution in [2.24, 2.45) is 0 Å². The van der Waals surface area contributed by atoms with Crippen LogP contribution in [0.25, 0.3) is 0 Å². The maximum atomic E-state index is 13.5. The predicted molar refractivity (Wildman–Crippen MR) is 56.5 cm³/mol. The summed E-state index contributed by atoms with van der Waals surface area (Å²) in [5.74, 6) is -3.13. The van der Waals surface area contributed by atoms with E-state index in [4.69, 9.17) is 9.52 Å². The molecular formula is C10H6F2N2O3S. The van der Waals surface area contributed by atoms with Crippen LogP contribution in [0.3, 0.4) is 0 Å². The van der Waals surface area contributed by atoms with E-state index in [2.05, 4.69) is 10.2 Å². The minimum atomic E-state index is -1.40. The van der Waals surface area contributed by atoms with Crippen molar-refractivity contribution in [1.29, 1.82) is 0 Å². The van der Waals surface area contributed by atoms with Crippen molar-refractivity contribution >= 4 is 17.7 Å². The van der Waals surface area contributed by atoms with E-state index in [0.29, 0.717) is 11.8 Å². The predicted octanol–water partition coefficient (Wildman–Crippen LogP) is 2.51. The Morgan fingerprint density at radius 3 is 2.39 bits per heavy atom. The Labute approximate surface area is 104 Å². The van der Waals surface area contributed by atoms with Crippen LogP contribution < -0.4 is 0 Å². The van der Waals surface area contributed by atoms with E-state index in [9.17, 15) is 13.6 Å². The summed E-state index contributed by atoms with van der Waals surface area (Å²) in [5, 5.41) is 15.7. The van der Waals surface area contributed by atoms with Crippen LogP contribution in [0.2, 0.25) is 0 Å². The molecule has 1 heterocycles. The van der Waals surface area contributed by atoms with Crippen molar-refractivity contribution < 1.29 is 23.1 Å². The summed E-state index contributed by atoms with van der Waals surface area (Å²) in [7, 11) is 0. The SMILES string of the molecule is Cc1nnc(Sc2c(F)cc(C(=O)O)cc2F)o1. The molecule has 0 radical (unpaired) electrons. The molecule has 5 nitrogen and oxygen atoms in total. The first-order valence-electron chi connectivity index (χ1n) is 4.67. The number of rotatable bonds is 3. The maximum Gasteiger partial charge on any atom is 0.335 e. The van der Waals surface area contributed by atoms with Gasteiger partial charge in [0.1, 0.15) is 11.6 Å². The Balaban J connectivity index is 2.37. The van der Waals surface area contributed by atoms with E-state index in [-0.39, 0.29) is 16.0 Å². The molecule has 94 valence electrons. The molecule has 2 rings (SSSR count). The standard InChI is InChI=1S/C10H6F2N2O3S/c1-4-13-14-10(17-4)18-8-6(11)2-5(9(15)16)3-7(8)12/h2-3H,1H3,(H,15,16). The lowest BCUT2D eigenvalue weighted by Gasteiger charge is -2.03. The second-order valence-corrected chi connectivity index (χ2v) is 4.22. The molecule has 0 atom stereocenters. The monoisotopic (exact) mass is 272 g/mol. The van der Waals surface area contributed by atoms with Gasteiger partial charge in [0.2, 0.25) is 5.89 Å². The smallest absolute Gasteiger partial charge is 0.335 e. The van der Waals surface area contributed by atoms with E-state index in [1.807, 2.05) is 0 Å². The van der Waals surface area contributed by atoms with Gasteiger partial charge < -0.3 is 9.52 Å². The summed E-state index contributed by atoms with van der Waals surface area (Å²) in [6.45, 7) is 1.54. The number of carbonyl (C=O) groups is 1. The molecule has 1 N–H and O–H groups in total. The summed E-state index contributed by atoms with van der Waals surface area (Å²) in [5.41, 5.74) is -0.462. The van der Waals surface area contributed by atoms with Gasteiger partial charge in [0.15, 0.2) is 0 Å². The Bertz CT molecular complexity index is 592. The van der Waals surface area contributed by atoms with E-state index in [1.165, 1.54) is 6.92 Å². The molecule has 0 amide bonds. The third kappa shape index (κ3) is 2.48. The molecule has 0 fully saturated rings. The lowest BCUT2D eigenvalue weighted by molar-refractivity contribution is 0.0695. The zero-order chi connectivity index (χ0) is 13.3. The molecule has 0 unspecified atom stereocenters. The highest BCUT2D eigenvalue weighted by Gasteiger charge is 2.18. The van der Waals surface area contributed by atoms with Crippen molar-refractivity contribution in [3.63, 3.8) is 0 Å². The van der Waals surface area contributed by atoms with Gasteiger partial charge >= 0.3 is 5.97 Å². The zero-order valence-electron chi connectivity index (χ0n) is 8.98. The average molecular weight is 272 g/mol. The Hall–Kier alpha value is -1.96. The van der Waals surface area contributed by atoms with Crippen LogP contribution >= 0.6 is 11.8 Å². The number of halogens is 2. The summed E-state index contributed by atoms with van der Waals surface area (Å²) in [4.78, 5) is 10.2. The van der Waals surface area contributed by atoms with Crippen molar-refractivity contribution in [1.82, 2.24) is 10.2 Å². The number of hydrogen-bond donors (Lipinski definition) is 1. The van der Waals surface area contributed by atoms with Gasteiger partial charge in [0, 0.05) is 6.92 Å². The fourth-order valence-corrected chi connectivity index (χ4v) is 1.92. The molecule has 0 spiro atoms. The number of nitrogens with zero attached hydrogens (tertiary/aromatic N) is 2. The largest absolute Gasteiger partial charge is 0.478 e. The van der Waals surface area contributed by atoms with E-state index < -0.39 is 23.2 Å². The number of aromatic carboxylic acids is 1. The number of benzene rings is 1. The van der Waals surface area contributed by atoms with E-state index in [0.717, 1.165) is 12.1 Å². The Morgan fingerprint density at radius 2 is 1.94 bits per heavy atom. The average Bonchev–Trinajstić information content (AvgIpc) is 2.69. The fourth-order valence-electron chi connectivity index (χ4n) is 1.19. The van der Waals surface area contributed by atoms with Crippen LogP contribution in [0.5, 0.6) is 0 Å². The van der Waals surface area contributed by atoms with Gasteiger partial charge in [0.05, 0.1) is 10.5 Å². The number of aromatic nitrogens is 2. The van der Waals surface area contributed by atoms with Crippen molar-refractivity contribution in [3.05, 3.63) is 35.2 Å². The first-order valence-corrected chi connectivity index (χ1v) is 5.49. The maximum absolute atomic E-state index is 13.5. The van der Waals surface area contributed by atoms with Crippen molar-refractivity contribution in [2.45, 2.75) is 17.0 Å². The number of carboxylic acids is 1. The summed E-state index contributed by atoms with van der Waals surface area (Å²) >= 11 is 0.599. The van der Waals surface area contributed by atoms with Gasteiger partial charge in [0.25, 0.3) is 5.22 Å². The second kappa shape index (κ2) is 4.73. The summed E-state index contributed by atoms with van der Waals surface area (Å²) in [6.07, 6.45) is 0. The Kier molecular flexibility index (Phi) is 3.28. The van der Waals surface area contributed by atoms with Gasteiger partial charge in [-0.3, -0.25) is 0 Å². The minimum Gasteiger partial charge on any atom is -0.478 e. The van der Waals surface area contributed by atoms with Crippen LogP contribution in [0.15, 0.2) is 26.7 Å². The van der Waals surface area contributed by atoms with Crippen molar-refractivity contribution in [2.75, 3.05) is 0 Å². The van der Waals surface area contributed by atoms with Gasteiger partial charge in [-0.05, 0) is 23.9 Å². The molecule has 0 saturated carbocycles. The van der Waals surface area contributed by atoms with Crippen LogP contribution in [0.1, 0.15) is 16.2 Å². The zero-order valence-corrected chi connectivity index (χ0v) is 9.79. The molecule has 1 aromatic carbocycles. The summed E-state index contributed by atoms with van der Waals surface area (Å²) < 4.78 is 32.1. The number of aryl methyl sites for hydroxylation is 1. The first kappa shape index (κ1) is 12.5. The van der Waals surface area contributed by atoms with Gasteiger partial charge in [-0.25, -0.2) is 13.6 Å². The quantitative estimate of drug-likeness (QED) is 0.925. The van der Waals surface area contributed by atoms with Crippen LogP contribution in [-0.4, -0.2) is 21.3 Å². The molecule has 0 saturated heterocycles. The molecule has 0 bridgehead atoms. The van der Waals surface area contributed by atoms with Crippen LogP contribution in [-0.2, 0) is 0 Å². The highest BCUT2D eigenvalue weighted by molar-refractivity contribution is 7.99. The van der Waals surface area contributed by atoms with E-state index >= 15 is 0 Å². The molecule has 18 heavy (non-hydrogen) atoms. The number of carboxylic acid groups (broad SMARTS) is 1. The summed E-state index contributed by atoms with van der Waals surface area (Å²) in [6, 6.07) is 1.47. The topological polar surface area (TPSA) is 76.2 Å². The first-order chi connectivity index (χ1) is 8.47. The number of hydrogen-bond acceptors (Lipinski definition) is 5. The lowest BCUT2D eigenvalue weighted by atomic mass is 10.2. The van der Waals surface area contributed by atoms with Gasteiger partial charge in [-0.2, -0.15) is 0 Å². The minimum absolute atomic E-state index is 0.0200. The highest BCUT2D eigenvalue weighted by atomic mass is 32.2. The third-order valence-electron chi connectivity index (χ3n) is 1.94. The highest BCUT2D eigenvalue weighted by Crippen LogP contribution is 2.31. The Morgan fingerprint density at radius 1 is 1.33 bits per heavy atom. The van der Waals surface area contributed by atoms with Crippen LogP contribution in [0.4, 0.5) is 8.78 Å². The molecule has 0 aliphatic heterocycles. The molecular weight excluding hydrogens is 266 g/mol. The van der Waals surface area contributed by atoms with Gasteiger partial charge in [-0.15, -0.1) is 10.2 Å². The van der Waals surface area contributed by atoms with E-state index in [1.54, 1.807) is 0 Å². The molecule has 0 aliphatic rings. The molecule has 0 aliphatic carbocycles. The molecule has 8 heteroatoms. The van der Waals surface area contributed by atoms with Gasteiger partial charge in [-0.1, -0.05) is 0 Å². The third-order valence-corrected chi connectivity index (χ3v) is 2.88. The molecule has 2 aromatic rings. The molecule has 1 aromatic heterocycles. The normalized spacial score (nSPS) is 10.6. The van der Waals surface area contributed by atoms with Crippen molar-refractivity contribution in [3.8, 4) is 0 Å². The fraction of sp³-hybridized carbons (Fsp3) is 0.100. The lowest BCUT2D eigenvalue weighted by Crippen LogP contribution is -2.00. The second-order valence-electron chi connectivity index (χ2n) is 3.26.